The van der Waals surface area contributed by atoms with Gasteiger partial charge in [-0.25, -0.2) is 4.57 Å². The summed E-state index contributed by atoms with van der Waals surface area (Å²) in [6.07, 6.45) is -5.93. The van der Waals surface area contributed by atoms with Crippen molar-refractivity contribution in [2.75, 3.05) is 6.61 Å². The van der Waals surface area contributed by atoms with Crippen molar-refractivity contribution < 1.29 is 39.2 Å². The molecule has 0 saturated carbocycles. The fourth-order valence-electron chi connectivity index (χ4n) is 1.32. The molecule has 0 radical (unpaired) electrons. The van der Waals surface area contributed by atoms with Gasteiger partial charge in [-0.2, -0.15) is 0 Å². The number of nitrogens with one attached hydrogen (secondary N) is 1. The smallest absolute Gasteiger partial charge is 0.394 e. The minimum atomic E-state index is -4.78. The van der Waals surface area contributed by atoms with Gasteiger partial charge in [0, 0.05) is 0 Å². The molecule has 94 valence electrons. The van der Waals surface area contributed by atoms with Crippen LogP contribution in [0.2, 0.25) is 0 Å². The van der Waals surface area contributed by atoms with E-state index in [9.17, 15) is 19.6 Å². The molecule has 0 aromatic rings. The van der Waals surface area contributed by atoms with E-state index in [0.717, 1.165) is 0 Å². The molecule has 4 atom stereocenters. The maximum atomic E-state index is 11.2. The van der Waals surface area contributed by atoms with E-state index in [2.05, 4.69) is 0 Å². The Labute approximate surface area is 89.9 Å². The third-order valence-corrected chi connectivity index (χ3v) is 2.57. The van der Waals surface area contributed by atoms with Gasteiger partial charge < -0.3 is 29.8 Å². The zero-order valence-corrected chi connectivity index (χ0v) is 8.82. The second-order valence-electron chi connectivity index (χ2n) is 3.28. The van der Waals surface area contributed by atoms with Crippen LogP contribution in [0.15, 0.2) is 0 Å². The zero-order chi connectivity index (χ0) is 12.5. The van der Waals surface area contributed by atoms with E-state index in [4.69, 9.17) is 19.6 Å². The predicted molar refractivity (Wildman–Crippen MR) is 47.9 cm³/mol. The molecule has 0 aliphatic carbocycles. The fourth-order valence-corrected chi connectivity index (χ4v) is 1.74. The van der Waals surface area contributed by atoms with E-state index in [1.165, 1.54) is 5.09 Å². The van der Waals surface area contributed by atoms with Crippen LogP contribution in [0.25, 0.3) is 0 Å². The average molecular weight is 257 g/mol. The highest BCUT2D eigenvalue weighted by atomic mass is 31.2. The van der Waals surface area contributed by atoms with Crippen LogP contribution in [0, 0.1) is 0 Å². The lowest BCUT2D eigenvalue weighted by Crippen LogP contribution is -2.41. The second-order valence-corrected chi connectivity index (χ2v) is 4.59. The molecule has 9 nitrogen and oxygen atoms in total. The zero-order valence-electron chi connectivity index (χ0n) is 7.92. The monoisotopic (exact) mass is 257 g/mol. The van der Waals surface area contributed by atoms with Gasteiger partial charge in [0.25, 0.3) is 5.91 Å². The van der Waals surface area contributed by atoms with Gasteiger partial charge in [0.1, 0.15) is 18.3 Å². The molecule has 1 heterocycles. The highest BCUT2D eigenvalue weighted by Crippen LogP contribution is 2.30. The number of carbonyl (C=O) groups is 1. The summed E-state index contributed by atoms with van der Waals surface area (Å²) in [4.78, 5) is 28.1. The lowest BCUT2D eigenvalue weighted by Gasteiger charge is -2.14. The first-order chi connectivity index (χ1) is 7.26. The number of hydrogen-bond acceptors (Lipinski definition) is 6. The first-order valence-electron chi connectivity index (χ1n) is 4.26. The van der Waals surface area contributed by atoms with Gasteiger partial charge in [-0.1, -0.05) is 0 Å². The van der Waals surface area contributed by atoms with Gasteiger partial charge in [-0.05, 0) is 0 Å². The van der Waals surface area contributed by atoms with Crippen molar-refractivity contribution in [3.05, 3.63) is 0 Å². The number of amides is 1. The van der Waals surface area contributed by atoms with Crippen LogP contribution in [0.5, 0.6) is 0 Å². The Bertz CT molecular complexity index is 316. The van der Waals surface area contributed by atoms with Crippen molar-refractivity contribution in [1.29, 1.82) is 0 Å². The molecule has 16 heavy (non-hydrogen) atoms. The average Bonchev–Trinajstić information content (AvgIpc) is 2.41. The van der Waals surface area contributed by atoms with Gasteiger partial charge >= 0.3 is 7.75 Å². The van der Waals surface area contributed by atoms with E-state index >= 15 is 0 Å². The first-order valence-corrected chi connectivity index (χ1v) is 5.87. The van der Waals surface area contributed by atoms with Crippen molar-refractivity contribution in [2.24, 2.45) is 0 Å². The minimum Gasteiger partial charge on any atom is -0.394 e. The largest absolute Gasteiger partial charge is 0.429 e. The molecule has 1 amide bonds. The van der Waals surface area contributed by atoms with Gasteiger partial charge in [-0.3, -0.25) is 9.88 Å². The van der Waals surface area contributed by atoms with E-state index in [-0.39, 0.29) is 0 Å². The Hall–Kier alpha value is -0.540. The number of carbonyl (C=O) groups excluding carboxylic acids is 1. The molecule has 10 heteroatoms. The first kappa shape index (κ1) is 13.5. The number of aliphatic hydroxyl groups is 3. The summed E-state index contributed by atoms with van der Waals surface area (Å²) >= 11 is 0. The van der Waals surface area contributed by atoms with E-state index in [0.29, 0.717) is 0 Å². The van der Waals surface area contributed by atoms with Gasteiger partial charge in [-0.15, -0.1) is 0 Å². The molecule has 1 fully saturated rings. The highest BCUT2D eigenvalue weighted by Gasteiger charge is 2.46. The molecular weight excluding hydrogens is 245 g/mol. The summed E-state index contributed by atoms with van der Waals surface area (Å²) in [7, 11) is -4.78. The molecule has 1 aliphatic rings. The van der Waals surface area contributed by atoms with Gasteiger partial charge in [0.15, 0.2) is 6.10 Å². The molecule has 0 bridgehead atoms. The third kappa shape index (κ3) is 2.98. The van der Waals surface area contributed by atoms with Crippen LogP contribution in [0.1, 0.15) is 0 Å². The number of aliphatic hydroxyl groups excluding tert-OH is 3. The van der Waals surface area contributed by atoms with Crippen molar-refractivity contribution in [3.63, 3.8) is 0 Å². The lowest BCUT2D eigenvalue weighted by molar-refractivity contribution is -0.134. The summed E-state index contributed by atoms with van der Waals surface area (Å²) in [6.45, 7) is -0.627. The van der Waals surface area contributed by atoms with E-state index in [1.807, 2.05) is 0 Å². The quantitative estimate of drug-likeness (QED) is 0.287. The van der Waals surface area contributed by atoms with Gasteiger partial charge in [0.05, 0.1) is 6.61 Å². The Balaban J connectivity index is 2.68. The van der Waals surface area contributed by atoms with Crippen LogP contribution >= 0.6 is 7.75 Å². The topological polar surface area (TPSA) is 157 Å². The molecule has 1 unspecified atom stereocenters. The van der Waals surface area contributed by atoms with Crippen LogP contribution < -0.4 is 5.09 Å². The van der Waals surface area contributed by atoms with Crippen molar-refractivity contribution in [2.45, 2.75) is 24.4 Å². The summed E-state index contributed by atoms with van der Waals surface area (Å²) in [5.41, 5.74) is 0. The SMILES string of the molecule is O=C(NP(=O)(O)O)C1O[C@H](CO)[C@@H](O)[C@H]1O. The Morgan fingerprint density at radius 2 is 1.88 bits per heavy atom. The maximum Gasteiger partial charge on any atom is 0.429 e. The fraction of sp³-hybridized carbons (Fsp3) is 0.833. The predicted octanol–water partition coefficient (Wildman–Crippen LogP) is -3.32. The number of hydrogen-bond donors (Lipinski definition) is 6. The summed E-state index contributed by atoms with van der Waals surface area (Å²) < 4.78 is 15.2. The number of ether oxygens (including phenoxy) is 1. The van der Waals surface area contributed by atoms with Crippen LogP contribution in [0.4, 0.5) is 0 Å². The normalized spacial score (nSPS) is 35.1. The van der Waals surface area contributed by atoms with Crippen LogP contribution in [-0.2, 0) is 14.1 Å². The third-order valence-electron chi connectivity index (χ3n) is 2.06. The highest BCUT2D eigenvalue weighted by molar-refractivity contribution is 7.50. The Morgan fingerprint density at radius 3 is 2.25 bits per heavy atom. The standard InChI is InChI=1S/C6H12NO8P/c8-1-2-3(9)4(10)5(15-2)6(11)7-16(12,13)14/h2-5,8-10H,1H2,(H3,7,11,12,13,14)/t2-,3-,4-,5?/m1/s1. The molecular formula is C6H12NO8P. The number of rotatable bonds is 3. The summed E-state index contributed by atoms with van der Waals surface area (Å²) in [6, 6.07) is 0. The Morgan fingerprint density at radius 1 is 1.31 bits per heavy atom. The van der Waals surface area contributed by atoms with Crippen LogP contribution in [0.3, 0.4) is 0 Å². The Kier molecular flexibility index (Phi) is 4.02. The molecule has 1 rings (SSSR count). The van der Waals surface area contributed by atoms with Crippen molar-refractivity contribution in [3.8, 4) is 0 Å². The van der Waals surface area contributed by atoms with Crippen LogP contribution in [-0.4, -0.2) is 62.0 Å². The molecule has 0 aromatic carbocycles. The second kappa shape index (κ2) is 4.76. The molecule has 1 saturated heterocycles. The van der Waals surface area contributed by atoms with Crippen molar-refractivity contribution in [1.82, 2.24) is 5.09 Å². The van der Waals surface area contributed by atoms with E-state index < -0.39 is 44.7 Å². The molecule has 6 N–H and O–H groups in total. The molecule has 0 spiro atoms. The summed E-state index contributed by atoms with van der Waals surface area (Å²) in [5, 5.41) is 28.6. The molecule has 1 aliphatic heterocycles. The van der Waals surface area contributed by atoms with Gasteiger partial charge in [0.2, 0.25) is 0 Å². The lowest BCUT2D eigenvalue weighted by atomic mass is 10.1. The summed E-state index contributed by atoms with van der Waals surface area (Å²) in [5.74, 6) is -1.25. The maximum absolute atomic E-state index is 11.2. The van der Waals surface area contributed by atoms with Crippen molar-refractivity contribution >= 4 is 13.7 Å². The minimum absolute atomic E-state index is 0.627. The molecule has 0 aromatic heterocycles. The van der Waals surface area contributed by atoms with E-state index in [1.54, 1.807) is 0 Å².